The van der Waals surface area contributed by atoms with Gasteiger partial charge in [0.2, 0.25) is 0 Å². The van der Waals surface area contributed by atoms with E-state index in [4.69, 9.17) is 4.74 Å². The highest BCUT2D eigenvalue weighted by Gasteiger charge is 2.10. The van der Waals surface area contributed by atoms with Gasteiger partial charge in [0.15, 0.2) is 0 Å². The van der Waals surface area contributed by atoms with Gasteiger partial charge in [-0.3, -0.25) is 0 Å². The molecule has 18 heavy (non-hydrogen) atoms. The molecule has 0 aromatic heterocycles. The van der Waals surface area contributed by atoms with Crippen molar-refractivity contribution in [1.82, 2.24) is 0 Å². The fraction of sp³-hybridized carbons (Fsp3) is 0.0667. The molecule has 0 aliphatic rings. The predicted octanol–water partition coefficient (Wildman–Crippen LogP) is 5.73. The predicted molar refractivity (Wildman–Crippen MR) is 82.3 cm³/mol. The molecule has 0 saturated heterocycles. The summed E-state index contributed by atoms with van der Waals surface area (Å²) >= 11 is 7.07. The molecule has 0 spiro atoms. The van der Waals surface area contributed by atoms with E-state index in [0.717, 1.165) is 32.4 Å². The summed E-state index contributed by atoms with van der Waals surface area (Å²) in [6.07, 6.45) is 2.62. The zero-order valence-electron chi connectivity index (χ0n) is 9.70. The molecule has 0 amide bonds. The second-order valence-corrected chi connectivity index (χ2v) is 5.39. The van der Waals surface area contributed by atoms with Crippen LogP contribution < -0.4 is 4.74 Å². The van der Waals surface area contributed by atoms with Crippen LogP contribution in [0.4, 0.5) is 0 Å². The molecule has 0 aliphatic carbocycles. The molecule has 0 unspecified atom stereocenters. The number of benzene rings is 2. The number of rotatable bonds is 4. The van der Waals surface area contributed by atoms with E-state index >= 15 is 0 Å². The van der Waals surface area contributed by atoms with Gasteiger partial charge >= 0.3 is 0 Å². The summed E-state index contributed by atoms with van der Waals surface area (Å²) in [7, 11) is 0. The molecule has 0 fully saturated rings. The molecule has 0 bridgehead atoms. The van der Waals surface area contributed by atoms with Gasteiger partial charge in [0, 0.05) is 14.5 Å². The summed E-state index contributed by atoms with van der Waals surface area (Å²) in [5.41, 5.74) is 1.09. The normalized spacial score (nSPS) is 10.1. The van der Waals surface area contributed by atoms with Crippen molar-refractivity contribution >= 4 is 31.9 Å². The van der Waals surface area contributed by atoms with Gasteiger partial charge in [-0.1, -0.05) is 24.3 Å². The van der Waals surface area contributed by atoms with Gasteiger partial charge in [0.25, 0.3) is 0 Å². The van der Waals surface area contributed by atoms with Crippen LogP contribution in [0, 0.1) is 0 Å². The Balaban J connectivity index is 2.38. The third kappa shape index (κ3) is 3.03. The Labute approximate surface area is 124 Å². The summed E-state index contributed by atoms with van der Waals surface area (Å²) in [6, 6.07) is 13.7. The van der Waals surface area contributed by atoms with Gasteiger partial charge in [-0.25, -0.2) is 0 Å². The zero-order chi connectivity index (χ0) is 13.0. The van der Waals surface area contributed by atoms with Crippen molar-refractivity contribution in [2.75, 3.05) is 0 Å². The maximum Gasteiger partial charge on any atom is 0.132 e. The molecule has 92 valence electrons. The van der Waals surface area contributed by atoms with Crippen LogP contribution in [0.3, 0.4) is 0 Å². The molecule has 0 saturated carbocycles. The van der Waals surface area contributed by atoms with E-state index in [-0.39, 0.29) is 0 Å². The van der Waals surface area contributed by atoms with Gasteiger partial charge in [-0.05, 0) is 62.5 Å². The molecule has 0 atom stereocenters. The molecule has 0 aliphatic heterocycles. The van der Waals surface area contributed by atoms with Gasteiger partial charge in [-0.15, -0.1) is 6.58 Å². The standard InChI is InChI=1S/C15H12Br2O/c1-2-6-12-14(10-9-13(16)15(12)17)18-11-7-4-3-5-8-11/h2-5,7-10H,1,6H2. The molecule has 0 radical (unpaired) electrons. The van der Waals surface area contributed by atoms with Crippen LogP contribution in [-0.2, 0) is 6.42 Å². The van der Waals surface area contributed by atoms with Crippen LogP contribution in [0.15, 0.2) is 64.1 Å². The number of ether oxygens (including phenoxy) is 1. The molecular formula is C15H12Br2O. The van der Waals surface area contributed by atoms with Crippen LogP contribution in [0.1, 0.15) is 5.56 Å². The monoisotopic (exact) mass is 366 g/mol. The summed E-state index contributed by atoms with van der Waals surface area (Å²) in [5, 5.41) is 0. The third-order valence-electron chi connectivity index (χ3n) is 2.47. The molecule has 1 nitrogen and oxygen atoms in total. The van der Waals surface area contributed by atoms with Crippen molar-refractivity contribution in [2.45, 2.75) is 6.42 Å². The lowest BCUT2D eigenvalue weighted by atomic mass is 10.1. The maximum absolute atomic E-state index is 5.90. The minimum Gasteiger partial charge on any atom is -0.457 e. The highest BCUT2D eigenvalue weighted by molar-refractivity contribution is 9.13. The molecule has 2 aromatic rings. The Kier molecular flexibility index (Phi) is 4.61. The van der Waals surface area contributed by atoms with E-state index < -0.39 is 0 Å². The first-order valence-corrected chi connectivity index (χ1v) is 7.11. The lowest BCUT2D eigenvalue weighted by Gasteiger charge is -2.12. The first-order valence-electron chi connectivity index (χ1n) is 5.53. The van der Waals surface area contributed by atoms with Crippen molar-refractivity contribution in [3.63, 3.8) is 0 Å². The largest absolute Gasteiger partial charge is 0.457 e. The van der Waals surface area contributed by atoms with Crippen LogP contribution >= 0.6 is 31.9 Å². The van der Waals surface area contributed by atoms with E-state index in [1.165, 1.54) is 0 Å². The van der Waals surface area contributed by atoms with Crippen LogP contribution in [-0.4, -0.2) is 0 Å². The molecule has 2 aromatic carbocycles. The van der Waals surface area contributed by atoms with E-state index in [1.807, 2.05) is 48.5 Å². The first kappa shape index (κ1) is 13.4. The Morgan fingerprint density at radius 2 is 1.78 bits per heavy atom. The second kappa shape index (κ2) is 6.21. The van der Waals surface area contributed by atoms with E-state index in [2.05, 4.69) is 38.4 Å². The topological polar surface area (TPSA) is 9.23 Å². The highest BCUT2D eigenvalue weighted by Crippen LogP contribution is 2.36. The van der Waals surface area contributed by atoms with E-state index in [0.29, 0.717) is 0 Å². The van der Waals surface area contributed by atoms with Crippen molar-refractivity contribution in [3.8, 4) is 11.5 Å². The number of hydrogen-bond acceptors (Lipinski definition) is 1. The quantitative estimate of drug-likeness (QED) is 0.626. The fourth-order valence-corrected chi connectivity index (χ4v) is 2.48. The Morgan fingerprint density at radius 3 is 2.44 bits per heavy atom. The summed E-state index contributed by atoms with van der Waals surface area (Å²) in [5.74, 6) is 1.67. The summed E-state index contributed by atoms with van der Waals surface area (Å²) in [6.45, 7) is 3.78. The Morgan fingerprint density at radius 1 is 1.06 bits per heavy atom. The van der Waals surface area contributed by atoms with Gasteiger partial charge in [0.1, 0.15) is 11.5 Å². The van der Waals surface area contributed by atoms with Crippen LogP contribution in [0.25, 0.3) is 0 Å². The SMILES string of the molecule is C=CCc1c(Oc2ccccc2)ccc(Br)c1Br. The number of halogens is 2. The van der Waals surface area contributed by atoms with Crippen molar-refractivity contribution < 1.29 is 4.74 Å². The van der Waals surface area contributed by atoms with Crippen LogP contribution in [0.5, 0.6) is 11.5 Å². The Bertz CT molecular complexity index is 550. The van der Waals surface area contributed by atoms with Crippen molar-refractivity contribution in [3.05, 3.63) is 69.6 Å². The van der Waals surface area contributed by atoms with Gasteiger partial charge in [-0.2, -0.15) is 0 Å². The number of allylic oxidation sites excluding steroid dienone is 1. The van der Waals surface area contributed by atoms with Gasteiger partial charge < -0.3 is 4.74 Å². The molecule has 0 heterocycles. The minimum atomic E-state index is 0.752. The molecule has 0 N–H and O–H groups in total. The smallest absolute Gasteiger partial charge is 0.132 e. The van der Waals surface area contributed by atoms with E-state index in [1.54, 1.807) is 0 Å². The second-order valence-electron chi connectivity index (χ2n) is 3.75. The zero-order valence-corrected chi connectivity index (χ0v) is 12.9. The third-order valence-corrected chi connectivity index (χ3v) is 4.57. The average molecular weight is 368 g/mol. The fourth-order valence-electron chi connectivity index (χ4n) is 1.62. The molecular weight excluding hydrogens is 356 g/mol. The summed E-state index contributed by atoms with van der Waals surface area (Å²) in [4.78, 5) is 0. The van der Waals surface area contributed by atoms with Crippen LogP contribution in [0.2, 0.25) is 0 Å². The molecule has 2 rings (SSSR count). The minimum absolute atomic E-state index is 0.752. The average Bonchev–Trinajstić information content (AvgIpc) is 2.39. The van der Waals surface area contributed by atoms with E-state index in [9.17, 15) is 0 Å². The lowest BCUT2D eigenvalue weighted by Crippen LogP contribution is -1.93. The highest BCUT2D eigenvalue weighted by atomic mass is 79.9. The number of para-hydroxylation sites is 1. The van der Waals surface area contributed by atoms with Crippen molar-refractivity contribution in [2.24, 2.45) is 0 Å². The van der Waals surface area contributed by atoms with Crippen molar-refractivity contribution in [1.29, 1.82) is 0 Å². The lowest BCUT2D eigenvalue weighted by molar-refractivity contribution is 0.477. The van der Waals surface area contributed by atoms with Gasteiger partial charge in [0.05, 0.1) is 0 Å². The summed E-state index contributed by atoms with van der Waals surface area (Å²) < 4.78 is 7.92. The first-order chi connectivity index (χ1) is 8.72. The number of hydrogen-bond donors (Lipinski definition) is 0. The maximum atomic E-state index is 5.90. The Hall–Kier alpha value is -1.06. The molecule has 3 heteroatoms.